The zero-order valence-electron chi connectivity index (χ0n) is 18.2. The van der Waals surface area contributed by atoms with Gasteiger partial charge >= 0.3 is 0 Å². The van der Waals surface area contributed by atoms with E-state index in [2.05, 4.69) is 28.6 Å². The molecule has 1 atom stereocenters. The van der Waals surface area contributed by atoms with Crippen LogP contribution in [0.2, 0.25) is 0 Å². The van der Waals surface area contributed by atoms with Gasteiger partial charge in [0.2, 0.25) is 0 Å². The van der Waals surface area contributed by atoms with Crippen LogP contribution in [0.25, 0.3) is 0 Å². The molecule has 7 heteroatoms. The minimum Gasteiger partial charge on any atom is -0.497 e. The number of benzene rings is 1. The minimum atomic E-state index is -0.275. The molecule has 0 radical (unpaired) electrons. The number of hydrogen-bond donors (Lipinski definition) is 2. The van der Waals surface area contributed by atoms with Gasteiger partial charge in [0.15, 0.2) is 5.76 Å². The normalized spacial score (nSPS) is 11.7. The lowest BCUT2D eigenvalue weighted by molar-refractivity contribution is 0.0997. The van der Waals surface area contributed by atoms with E-state index in [-0.39, 0.29) is 17.7 Å². The zero-order valence-corrected chi connectivity index (χ0v) is 19.0. The summed E-state index contributed by atoms with van der Waals surface area (Å²) in [5, 5.41) is 7.38. The fraction of sp³-hybridized carbons (Fsp3) is 0.200. The molecule has 1 aromatic carbocycles. The van der Waals surface area contributed by atoms with Gasteiger partial charge in [-0.05, 0) is 66.9 Å². The van der Waals surface area contributed by atoms with Crippen molar-refractivity contribution < 1.29 is 13.9 Å². The van der Waals surface area contributed by atoms with Crippen LogP contribution < -0.4 is 15.4 Å². The molecule has 32 heavy (non-hydrogen) atoms. The number of aryl methyl sites for hydroxylation is 2. The Morgan fingerprint density at radius 3 is 2.66 bits per heavy atom. The van der Waals surface area contributed by atoms with Gasteiger partial charge in [-0.3, -0.25) is 4.79 Å². The average Bonchev–Trinajstić information content (AvgIpc) is 3.48. The highest BCUT2D eigenvalue weighted by atomic mass is 32.1. The fourth-order valence-electron chi connectivity index (χ4n) is 3.42. The zero-order chi connectivity index (χ0) is 22.5. The van der Waals surface area contributed by atoms with Crippen LogP contribution in [-0.2, 0) is 6.42 Å². The molecule has 2 N–H and O–H groups in total. The molecule has 4 aromatic rings. The molecule has 3 heterocycles. The maximum Gasteiger partial charge on any atom is 0.291 e. The number of rotatable bonds is 8. The summed E-state index contributed by atoms with van der Waals surface area (Å²) in [7, 11) is 1.65. The lowest BCUT2D eigenvalue weighted by Gasteiger charge is -2.21. The second kappa shape index (κ2) is 9.70. The van der Waals surface area contributed by atoms with Crippen LogP contribution in [0, 0.1) is 6.92 Å². The maximum atomic E-state index is 12.7. The van der Waals surface area contributed by atoms with E-state index in [1.807, 2.05) is 43.3 Å². The average molecular weight is 448 g/mol. The number of pyridine rings is 1. The minimum absolute atomic E-state index is 0.223. The Hall–Kier alpha value is -3.58. The predicted octanol–water partition coefficient (Wildman–Crippen LogP) is 6.07. The van der Waals surface area contributed by atoms with E-state index >= 15 is 0 Å². The van der Waals surface area contributed by atoms with E-state index in [0.29, 0.717) is 0 Å². The van der Waals surface area contributed by atoms with E-state index in [1.165, 1.54) is 11.1 Å². The van der Waals surface area contributed by atoms with Crippen molar-refractivity contribution in [1.29, 1.82) is 0 Å². The topological polar surface area (TPSA) is 76.4 Å². The lowest BCUT2D eigenvalue weighted by atomic mass is 9.99. The summed E-state index contributed by atoms with van der Waals surface area (Å²) in [6.07, 6.45) is 4.15. The highest BCUT2D eigenvalue weighted by molar-refractivity contribution is 7.16. The van der Waals surface area contributed by atoms with Crippen LogP contribution in [0.4, 0.5) is 10.8 Å². The van der Waals surface area contributed by atoms with Gasteiger partial charge < -0.3 is 19.8 Å². The number of anilines is 2. The lowest BCUT2D eigenvalue weighted by Crippen LogP contribution is -2.17. The monoisotopic (exact) mass is 447 g/mol. The van der Waals surface area contributed by atoms with Crippen LogP contribution in [0.3, 0.4) is 0 Å². The van der Waals surface area contributed by atoms with Crippen molar-refractivity contribution in [3.05, 3.63) is 94.4 Å². The van der Waals surface area contributed by atoms with Gasteiger partial charge in [0.1, 0.15) is 16.6 Å². The largest absolute Gasteiger partial charge is 0.497 e. The Kier molecular flexibility index (Phi) is 6.56. The molecular weight excluding hydrogens is 422 g/mol. The third-order valence-electron chi connectivity index (χ3n) is 5.10. The Labute approximate surface area is 191 Å². The SMILES string of the molecule is CCc1cc([C@H](Nc2cc(C)ccn2)c2ccc(OC)cc2)c(NC(=O)c2ccco2)s1. The number of furan rings is 1. The second-order valence-corrected chi connectivity index (χ2v) is 8.49. The molecule has 0 spiro atoms. The van der Waals surface area contributed by atoms with E-state index in [0.717, 1.165) is 39.7 Å². The van der Waals surface area contributed by atoms with Gasteiger partial charge in [0, 0.05) is 16.6 Å². The van der Waals surface area contributed by atoms with Crippen molar-refractivity contribution in [2.45, 2.75) is 26.3 Å². The number of carbonyl (C=O) groups is 1. The third-order valence-corrected chi connectivity index (χ3v) is 6.31. The Morgan fingerprint density at radius 2 is 2.00 bits per heavy atom. The van der Waals surface area contributed by atoms with Crippen LogP contribution in [0.1, 0.15) is 45.1 Å². The number of aromatic nitrogens is 1. The highest BCUT2D eigenvalue weighted by Gasteiger charge is 2.23. The van der Waals surface area contributed by atoms with Gasteiger partial charge in [0.25, 0.3) is 5.91 Å². The van der Waals surface area contributed by atoms with Crippen molar-refractivity contribution in [3.8, 4) is 5.75 Å². The third kappa shape index (κ3) is 4.84. The molecule has 0 fully saturated rings. The molecule has 0 saturated carbocycles. The smallest absolute Gasteiger partial charge is 0.291 e. The first-order valence-electron chi connectivity index (χ1n) is 10.4. The molecule has 6 nitrogen and oxygen atoms in total. The number of methoxy groups -OCH3 is 1. The van der Waals surface area contributed by atoms with Gasteiger partial charge in [-0.1, -0.05) is 19.1 Å². The van der Waals surface area contributed by atoms with Gasteiger partial charge in [-0.15, -0.1) is 11.3 Å². The number of amides is 1. The summed E-state index contributed by atoms with van der Waals surface area (Å²) in [4.78, 5) is 18.4. The first-order chi connectivity index (χ1) is 15.6. The summed E-state index contributed by atoms with van der Waals surface area (Å²) < 4.78 is 10.6. The molecular formula is C25H25N3O3S. The number of nitrogens with zero attached hydrogens (tertiary/aromatic N) is 1. The van der Waals surface area contributed by atoms with Crippen molar-refractivity contribution in [3.63, 3.8) is 0 Å². The van der Waals surface area contributed by atoms with Gasteiger partial charge in [-0.25, -0.2) is 4.98 Å². The number of ether oxygens (including phenoxy) is 1. The fourth-order valence-corrected chi connectivity index (χ4v) is 4.45. The van der Waals surface area contributed by atoms with Crippen LogP contribution in [0.15, 0.2) is 71.5 Å². The molecule has 1 amide bonds. The second-order valence-electron chi connectivity index (χ2n) is 7.35. The number of carbonyl (C=O) groups excluding carboxylic acids is 1. The van der Waals surface area contributed by atoms with Crippen LogP contribution in [-0.4, -0.2) is 18.0 Å². The van der Waals surface area contributed by atoms with E-state index in [4.69, 9.17) is 9.15 Å². The molecule has 0 aliphatic heterocycles. The Morgan fingerprint density at radius 1 is 1.19 bits per heavy atom. The molecule has 4 rings (SSSR count). The van der Waals surface area contributed by atoms with Crippen molar-refractivity contribution >= 4 is 28.1 Å². The number of thiophene rings is 1. The molecule has 3 aromatic heterocycles. The maximum absolute atomic E-state index is 12.7. The summed E-state index contributed by atoms with van der Waals surface area (Å²) in [6.45, 7) is 4.13. The number of hydrogen-bond acceptors (Lipinski definition) is 6. The van der Waals surface area contributed by atoms with E-state index in [1.54, 1.807) is 36.8 Å². The molecule has 0 aliphatic carbocycles. The van der Waals surface area contributed by atoms with E-state index in [9.17, 15) is 4.79 Å². The summed E-state index contributed by atoms with van der Waals surface area (Å²) in [5.74, 6) is 1.55. The molecule has 164 valence electrons. The summed E-state index contributed by atoms with van der Waals surface area (Å²) >= 11 is 1.57. The van der Waals surface area contributed by atoms with Crippen LogP contribution >= 0.6 is 11.3 Å². The first kappa shape index (κ1) is 21.6. The van der Waals surface area contributed by atoms with E-state index < -0.39 is 0 Å². The van der Waals surface area contributed by atoms with Crippen molar-refractivity contribution in [2.75, 3.05) is 17.7 Å². The molecule has 0 aliphatic rings. The molecule has 0 saturated heterocycles. The highest BCUT2D eigenvalue weighted by Crippen LogP contribution is 2.38. The standard InChI is InChI=1S/C25H25N3O3S/c1-4-19-15-20(25(32-19)28-24(29)21-6-5-13-31-21)23(17-7-9-18(30-3)10-8-17)27-22-14-16(2)11-12-26-22/h5-15,23H,4H2,1-3H3,(H,26,27)(H,28,29)/t23-/m1/s1. The van der Waals surface area contributed by atoms with Gasteiger partial charge in [0.05, 0.1) is 19.4 Å². The number of nitrogens with one attached hydrogen (secondary N) is 2. The molecule has 0 unspecified atom stereocenters. The van der Waals surface area contributed by atoms with Gasteiger partial charge in [-0.2, -0.15) is 0 Å². The van der Waals surface area contributed by atoms with Crippen LogP contribution in [0.5, 0.6) is 5.75 Å². The molecule has 0 bridgehead atoms. The Balaban J connectivity index is 1.75. The first-order valence-corrected chi connectivity index (χ1v) is 11.2. The van der Waals surface area contributed by atoms with Crippen molar-refractivity contribution in [1.82, 2.24) is 4.98 Å². The van der Waals surface area contributed by atoms with Crippen molar-refractivity contribution in [2.24, 2.45) is 0 Å². The summed E-state index contributed by atoms with van der Waals surface area (Å²) in [6, 6.07) is 17.1. The quantitative estimate of drug-likeness (QED) is 0.343. The Bertz CT molecular complexity index is 1180. The predicted molar refractivity (Wildman–Crippen MR) is 128 cm³/mol. The summed E-state index contributed by atoms with van der Waals surface area (Å²) in [5.41, 5.74) is 3.12.